The highest BCUT2D eigenvalue weighted by atomic mass is 16.3. The molecule has 21 heavy (non-hydrogen) atoms. The summed E-state index contributed by atoms with van der Waals surface area (Å²) in [5, 5.41) is 15.9. The number of hydrogen-bond acceptors (Lipinski definition) is 4. The van der Waals surface area contributed by atoms with Crippen molar-refractivity contribution in [3.63, 3.8) is 0 Å². The van der Waals surface area contributed by atoms with Gasteiger partial charge in [0.15, 0.2) is 0 Å². The highest BCUT2D eigenvalue weighted by molar-refractivity contribution is 5.96. The van der Waals surface area contributed by atoms with Crippen molar-refractivity contribution in [1.82, 2.24) is 5.32 Å². The van der Waals surface area contributed by atoms with Gasteiger partial charge in [0.05, 0.1) is 17.5 Å². The number of carbonyl (C=O) groups is 1. The van der Waals surface area contributed by atoms with Crippen LogP contribution in [0.3, 0.4) is 0 Å². The molecule has 0 aromatic heterocycles. The molecule has 0 spiro atoms. The Kier molecular flexibility index (Phi) is 6.03. The SMILES string of the molecule is CCNC(=O)c1ccc(N)c(NCC(O)CC(C)(C)C)c1. The van der Waals surface area contributed by atoms with E-state index in [1.807, 2.05) is 6.92 Å². The summed E-state index contributed by atoms with van der Waals surface area (Å²) in [5.74, 6) is -0.129. The first-order valence-corrected chi connectivity index (χ1v) is 7.32. The Bertz CT molecular complexity index is 481. The van der Waals surface area contributed by atoms with Crippen LogP contribution in [0.5, 0.6) is 0 Å². The largest absolute Gasteiger partial charge is 0.397 e. The lowest BCUT2D eigenvalue weighted by Crippen LogP contribution is -2.26. The number of carbonyl (C=O) groups excluding carboxylic acids is 1. The van der Waals surface area contributed by atoms with Crippen molar-refractivity contribution < 1.29 is 9.90 Å². The van der Waals surface area contributed by atoms with Crippen LogP contribution >= 0.6 is 0 Å². The summed E-state index contributed by atoms with van der Waals surface area (Å²) in [6, 6.07) is 5.10. The highest BCUT2D eigenvalue weighted by Crippen LogP contribution is 2.23. The molecule has 0 fully saturated rings. The number of aliphatic hydroxyl groups is 1. The van der Waals surface area contributed by atoms with Gasteiger partial charge in [-0.3, -0.25) is 4.79 Å². The van der Waals surface area contributed by atoms with Crippen molar-refractivity contribution >= 4 is 17.3 Å². The molecule has 1 rings (SSSR count). The first-order chi connectivity index (χ1) is 9.73. The first kappa shape index (κ1) is 17.3. The molecule has 0 aliphatic rings. The molecular weight excluding hydrogens is 266 g/mol. The zero-order valence-electron chi connectivity index (χ0n) is 13.4. The van der Waals surface area contributed by atoms with E-state index >= 15 is 0 Å². The topological polar surface area (TPSA) is 87.4 Å². The maximum absolute atomic E-state index is 11.8. The van der Waals surface area contributed by atoms with Crippen LogP contribution in [0.4, 0.5) is 11.4 Å². The zero-order chi connectivity index (χ0) is 16.0. The third-order valence-corrected chi connectivity index (χ3v) is 3.03. The standard InChI is InChI=1S/C16H27N3O2/c1-5-18-15(21)11-6-7-13(17)14(8-11)19-10-12(20)9-16(2,3)4/h6-8,12,19-20H,5,9-10,17H2,1-4H3,(H,18,21). The second-order valence-corrected chi connectivity index (χ2v) is 6.46. The van der Waals surface area contributed by atoms with Crippen molar-refractivity contribution in [3.8, 4) is 0 Å². The Morgan fingerprint density at radius 3 is 2.62 bits per heavy atom. The Labute approximate surface area is 126 Å². The molecule has 0 saturated carbocycles. The number of aliphatic hydroxyl groups excluding tert-OH is 1. The molecule has 0 radical (unpaired) electrons. The lowest BCUT2D eigenvalue weighted by molar-refractivity contribution is 0.0956. The van der Waals surface area contributed by atoms with Crippen LogP contribution in [0.15, 0.2) is 18.2 Å². The minimum absolute atomic E-state index is 0.0650. The van der Waals surface area contributed by atoms with Crippen molar-refractivity contribution in [3.05, 3.63) is 23.8 Å². The fraction of sp³-hybridized carbons (Fsp3) is 0.562. The van der Waals surface area contributed by atoms with Crippen molar-refractivity contribution in [1.29, 1.82) is 0 Å². The fourth-order valence-electron chi connectivity index (χ4n) is 2.12. The van der Waals surface area contributed by atoms with Gasteiger partial charge in [0, 0.05) is 18.7 Å². The molecule has 0 aliphatic carbocycles. The summed E-state index contributed by atoms with van der Waals surface area (Å²) in [7, 11) is 0. The summed E-state index contributed by atoms with van der Waals surface area (Å²) in [6.07, 6.45) is 0.230. The minimum atomic E-state index is -0.461. The van der Waals surface area contributed by atoms with E-state index in [0.717, 1.165) is 0 Å². The van der Waals surface area contributed by atoms with Gasteiger partial charge in [0.2, 0.25) is 0 Å². The van der Waals surface area contributed by atoms with E-state index in [4.69, 9.17) is 5.73 Å². The van der Waals surface area contributed by atoms with Crippen molar-refractivity contribution in [2.24, 2.45) is 5.41 Å². The zero-order valence-corrected chi connectivity index (χ0v) is 13.4. The highest BCUT2D eigenvalue weighted by Gasteiger charge is 2.17. The molecule has 1 unspecified atom stereocenters. The van der Waals surface area contributed by atoms with Gasteiger partial charge in [-0.25, -0.2) is 0 Å². The van der Waals surface area contributed by atoms with Crippen molar-refractivity contribution in [2.45, 2.75) is 40.2 Å². The van der Waals surface area contributed by atoms with Crippen LogP contribution in [-0.2, 0) is 0 Å². The van der Waals surface area contributed by atoms with Crippen LogP contribution in [0.25, 0.3) is 0 Å². The minimum Gasteiger partial charge on any atom is -0.397 e. The van der Waals surface area contributed by atoms with Gasteiger partial charge >= 0.3 is 0 Å². The van der Waals surface area contributed by atoms with E-state index in [0.29, 0.717) is 36.4 Å². The quantitative estimate of drug-likeness (QED) is 0.606. The number of anilines is 2. The van der Waals surface area contributed by atoms with Crippen molar-refractivity contribution in [2.75, 3.05) is 24.1 Å². The van der Waals surface area contributed by atoms with Gasteiger partial charge in [-0.15, -0.1) is 0 Å². The number of rotatable bonds is 6. The average molecular weight is 293 g/mol. The molecular formula is C16H27N3O2. The normalized spacial score (nSPS) is 12.8. The van der Waals surface area contributed by atoms with Gasteiger partial charge < -0.3 is 21.5 Å². The molecule has 0 heterocycles. The molecule has 1 amide bonds. The number of nitrogens with two attached hydrogens (primary N) is 1. The van der Waals surface area contributed by atoms with E-state index in [1.54, 1.807) is 18.2 Å². The Morgan fingerprint density at radius 2 is 2.05 bits per heavy atom. The van der Waals surface area contributed by atoms with Crippen LogP contribution in [-0.4, -0.2) is 30.2 Å². The lowest BCUT2D eigenvalue weighted by Gasteiger charge is -2.23. The monoisotopic (exact) mass is 293 g/mol. The molecule has 118 valence electrons. The van der Waals surface area contributed by atoms with Gasteiger partial charge in [0.25, 0.3) is 5.91 Å². The molecule has 0 saturated heterocycles. The molecule has 5 heteroatoms. The van der Waals surface area contributed by atoms with Gasteiger partial charge in [-0.05, 0) is 37.0 Å². The molecule has 0 aliphatic heterocycles. The lowest BCUT2D eigenvalue weighted by atomic mass is 9.89. The third kappa shape index (κ3) is 6.04. The summed E-state index contributed by atoms with van der Waals surface area (Å²) in [5.41, 5.74) is 7.75. The second-order valence-electron chi connectivity index (χ2n) is 6.46. The van der Waals surface area contributed by atoms with Crippen LogP contribution < -0.4 is 16.4 Å². The van der Waals surface area contributed by atoms with Gasteiger partial charge in [0.1, 0.15) is 0 Å². The molecule has 1 atom stereocenters. The third-order valence-electron chi connectivity index (χ3n) is 3.03. The Balaban J connectivity index is 2.70. The Hall–Kier alpha value is -1.75. The molecule has 1 aromatic rings. The predicted octanol–water partition coefficient (Wildman–Crippen LogP) is 2.23. The maximum Gasteiger partial charge on any atom is 0.251 e. The number of benzene rings is 1. The Morgan fingerprint density at radius 1 is 1.38 bits per heavy atom. The second kappa shape index (κ2) is 7.31. The number of amides is 1. The van der Waals surface area contributed by atoms with E-state index in [-0.39, 0.29) is 11.3 Å². The summed E-state index contributed by atoms with van der Waals surface area (Å²) in [4.78, 5) is 11.8. The average Bonchev–Trinajstić information content (AvgIpc) is 2.36. The first-order valence-electron chi connectivity index (χ1n) is 7.32. The number of nitrogens with one attached hydrogen (secondary N) is 2. The van der Waals surface area contributed by atoms with E-state index in [1.165, 1.54) is 0 Å². The van der Waals surface area contributed by atoms with E-state index in [9.17, 15) is 9.90 Å². The van der Waals surface area contributed by atoms with Crippen LogP contribution in [0, 0.1) is 5.41 Å². The number of hydrogen-bond donors (Lipinski definition) is 4. The molecule has 1 aromatic carbocycles. The molecule has 5 nitrogen and oxygen atoms in total. The van der Waals surface area contributed by atoms with Gasteiger partial charge in [-0.1, -0.05) is 20.8 Å². The summed E-state index contributed by atoms with van der Waals surface area (Å²) >= 11 is 0. The molecule has 0 bridgehead atoms. The van der Waals surface area contributed by atoms with E-state index < -0.39 is 6.10 Å². The van der Waals surface area contributed by atoms with Gasteiger partial charge in [-0.2, -0.15) is 0 Å². The maximum atomic E-state index is 11.8. The predicted molar refractivity (Wildman–Crippen MR) is 87.4 cm³/mol. The smallest absolute Gasteiger partial charge is 0.251 e. The summed E-state index contributed by atoms with van der Waals surface area (Å²) in [6.45, 7) is 9.11. The molecule has 5 N–H and O–H groups in total. The van der Waals surface area contributed by atoms with E-state index in [2.05, 4.69) is 31.4 Å². The van der Waals surface area contributed by atoms with Crippen LogP contribution in [0.2, 0.25) is 0 Å². The number of nitrogen functional groups attached to an aromatic ring is 1. The van der Waals surface area contributed by atoms with Crippen LogP contribution in [0.1, 0.15) is 44.5 Å². The fourth-order valence-corrected chi connectivity index (χ4v) is 2.12. The summed E-state index contributed by atoms with van der Waals surface area (Å²) < 4.78 is 0.